The topological polar surface area (TPSA) is 49.4 Å². The number of aryl methyl sites for hydroxylation is 1. The van der Waals surface area contributed by atoms with Gasteiger partial charge in [-0.25, -0.2) is 0 Å². The zero-order chi connectivity index (χ0) is 20.9. The Bertz CT molecular complexity index is 995. The van der Waals surface area contributed by atoms with Crippen LogP contribution in [0.3, 0.4) is 0 Å². The number of anilines is 1. The lowest BCUT2D eigenvalue weighted by atomic mass is 10.0. The molecule has 1 N–H and O–H groups in total. The number of nitrogens with one attached hydrogen (secondary N) is 1. The molecule has 1 unspecified atom stereocenters. The van der Waals surface area contributed by atoms with E-state index in [0.29, 0.717) is 4.88 Å². The third-order valence-corrected chi connectivity index (χ3v) is 6.51. The third-order valence-electron chi connectivity index (χ3n) is 5.65. The van der Waals surface area contributed by atoms with Crippen molar-refractivity contribution in [2.24, 2.45) is 0 Å². The van der Waals surface area contributed by atoms with Gasteiger partial charge in [0.25, 0.3) is 5.91 Å². The fraction of sp³-hybridized carbons (Fsp3) is 0.280. The number of hydrogen-bond acceptors (Lipinski definition) is 3. The Morgan fingerprint density at radius 1 is 0.967 bits per heavy atom. The molecule has 1 aliphatic carbocycles. The second-order valence-corrected chi connectivity index (χ2v) is 8.69. The number of carbonyl (C=O) groups excluding carboxylic acids is 2. The summed E-state index contributed by atoms with van der Waals surface area (Å²) in [6.45, 7) is 1.97. The van der Waals surface area contributed by atoms with Gasteiger partial charge in [0.1, 0.15) is 6.04 Å². The van der Waals surface area contributed by atoms with Crippen LogP contribution in [0.15, 0.2) is 72.1 Å². The van der Waals surface area contributed by atoms with Crippen molar-refractivity contribution < 1.29 is 9.59 Å². The highest BCUT2D eigenvalue weighted by Gasteiger charge is 2.35. The summed E-state index contributed by atoms with van der Waals surface area (Å²) in [4.78, 5) is 29.6. The first kappa shape index (κ1) is 20.4. The zero-order valence-corrected chi connectivity index (χ0v) is 17.9. The molecule has 0 saturated heterocycles. The van der Waals surface area contributed by atoms with E-state index in [2.05, 4.69) is 5.32 Å². The lowest BCUT2D eigenvalue weighted by Crippen LogP contribution is -2.46. The average Bonchev–Trinajstić information content (AvgIpc) is 3.47. The van der Waals surface area contributed by atoms with Gasteiger partial charge in [-0.3, -0.25) is 14.5 Å². The molecule has 1 aromatic heterocycles. The summed E-state index contributed by atoms with van der Waals surface area (Å²) < 4.78 is 0. The van der Waals surface area contributed by atoms with Crippen LogP contribution in [0.1, 0.15) is 52.5 Å². The van der Waals surface area contributed by atoms with Gasteiger partial charge in [-0.15, -0.1) is 11.3 Å². The third kappa shape index (κ3) is 4.31. The Labute approximate surface area is 181 Å². The van der Waals surface area contributed by atoms with E-state index in [1.165, 1.54) is 11.3 Å². The van der Waals surface area contributed by atoms with Gasteiger partial charge in [0.15, 0.2) is 0 Å². The molecule has 0 bridgehead atoms. The van der Waals surface area contributed by atoms with Gasteiger partial charge in [0.05, 0.1) is 4.88 Å². The molecule has 0 radical (unpaired) electrons. The molecule has 5 heteroatoms. The van der Waals surface area contributed by atoms with Crippen LogP contribution in [0.25, 0.3) is 0 Å². The van der Waals surface area contributed by atoms with E-state index >= 15 is 0 Å². The number of amides is 2. The van der Waals surface area contributed by atoms with Crippen molar-refractivity contribution in [3.8, 4) is 0 Å². The van der Waals surface area contributed by atoms with Crippen LogP contribution < -0.4 is 10.2 Å². The summed E-state index contributed by atoms with van der Waals surface area (Å²) in [6.07, 6.45) is 4.26. The smallest absolute Gasteiger partial charge is 0.269 e. The Balaban J connectivity index is 1.80. The van der Waals surface area contributed by atoms with Crippen molar-refractivity contribution in [1.82, 2.24) is 5.32 Å². The van der Waals surface area contributed by atoms with E-state index in [1.54, 1.807) is 4.90 Å². The van der Waals surface area contributed by atoms with Crippen LogP contribution in [0, 0.1) is 6.92 Å². The highest BCUT2D eigenvalue weighted by atomic mass is 32.1. The summed E-state index contributed by atoms with van der Waals surface area (Å²) in [5.74, 6) is -0.281. The summed E-state index contributed by atoms with van der Waals surface area (Å²) >= 11 is 1.39. The average molecular weight is 419 g/mol. The Morgan fingerprint density at radius 3 is 2.33 bits per heavy atom. The number of thiophene rings is 1. The van der Waals surface area contributed by atoms with Crippen LogP contribution in [0.2, 0.25) is 0 Å². The van der Waals surface area contributed by atoms with Gasteiger partial charge in [0, 0.05) is 11.7 Å². The van der Waals surface area contributed by atoms with Crippen molar-refractivity contribution in [1.29, 1.82) is 0 Å². The van der Waals surface area contributed by atoms with Crippen molar-refractivity contribution >= 4 is 28.8 Å². The quantitative estimate of drug-likeness (QED) is 0.574. The Kier molecular flexibility index (Phi) is 6.29. The van der Waals surface area contributed by atoms with E-state index in [4.69, 9.17) is 0 Å². The van der Waals surface area contributed by atoms with Crippen LogP contribution in [-0.2, 0) is 4.79 Å². The molecule has 1 heterocycles. The molecule has 0 aliphatic heterocycles. The summed E-state index contributed by atoms with van der Waals surface area (Å²) in [7, 11) is 0. The maximum Gasteiger partial charge on any atom is 0.269 e. The van der Waals surface area contributed by atoms with Crippen molar-refractivity contribution in [2.75, 3.05) is 4.90 Å². The Hall–Kier alpha value is -2.92. The number of carbonyl (C=O) groups is 2. The van der Waals surface area contributed by atoms with Gasteiger partial charge in [-0.1, -0.05) is 67.4 Å². The molecule has 1 saturated carbocycles. The molecule has 154 valence electrons. The Morgan fingerprint density at radius 2 is 1.67 bits per heavy atom. The molecule has 2 aromatic carbocycles. The lowest BCUT2D eigenvalue weighted by Gasteiger charge is -2.33. The summed E-state index contributed by atoms with van der Waals surface area (Å²) in [5.41, 5.74) is 2.52. The van der Waals surface area contributed by atoms with E-state index in [-0.39, 0.29) is 17.9 Å². The van der Waals surface area contributed by atoms with E-state index < -0.39 is 6.04 Å². The minimum absolute atomic E-state index is 0.124. The fourth-order valence-corrected chi connectivity index (χ4v) is 4.78. The molecular formula is C25H26N2O2S. The minimum Gasteiger partial charge on any atom is -0.351 e. The standard InChI is InChI=1S/C25H26N2O2S/c1-18-10-5-8-15-21(18)27(25(29)22-16-9-17-30-22)23(19-11-3-2-4-12-19)24(28)26-20-13-6-7-14-20/h2-5,8-12,15-17,20,23H,6-7,13-14H2,1H3,(H,26,28). The first-order valence-corrected chi connectivity index (χ1v) is 11.3. The fourth-order valence-electron chi connectivity index (χ4n) is 4.12. The second-order valence-electron chi connectivity index (χ2n) is 7.74. The molecule has 4 rings (SSSR count). The van der Waals surface area contributed by atoms with E-state index in [9.17, 15) is 9.59 Å². The molecule has 1 atom stereocenters. The van der Waals surface area contributed by atoms with Crippen LogP contribution >= 0.6 is 11.3 Å². The predicted molar refractivity (Wildman–Crippen MR) is 122 cm³/mol. The molecule has 4 nitrogen and oxygen atoms in total. The molecule has 0 spiro atoms. The maximum atomic E-state index is 13.7. The van der Waals surface area contributed by atoms with Crippen LogP contribution in [0.5, 0.6) is 0 Å². The molecular weight excluding hydrogens is 392 g/mol. The SMILES string of the molecule is Cc1ccccc1N(C(=O)c1cccs1)C(C(=O)NC1CCCC1)c1ccccc1. The monoisotopic (exact) mass is 418 g/mol. The predicted octanol–water partition coefficient (Wildman–Crippen LogP) is 5.50. The van der Waals surface area contributed by atoms with Crippen LogP contribution in [0.4, 0.5) is 5.69 Å². The normalized spacial score (nSPS) is 15.0. The van der Waals surface area contributed by atoms with Gasteiger partial charge in [-0.05, 0) is 48.4 Å². The molecule has 30 heavy (non-hydrogen) atoms. The first-order valence-electron chi connectivity index (χ1n) is 10.4. The minimum atomic E-state index is -0.734. The van der Waals surface area contributed by atoms with Gasteiger partial charge in [0.2, 0.25) is 5.91 Å². The number of para-hydroxylation sites is 1. The first-order chi connectivity index (χ1) is 14.6. The van der Waals surface area contributed by atoms with Crippen molar-refractivity contribution in [2.45, 2.75) is 44.7 Å². The number of hydrogen-bond donors (Lipinski definition) is 1. The van der Waals surface area contributed by atoms with E-state index in [0.717, 1.165) is 42.5 Å². The maximum absolute atomic E-state index is 13.7. The molecule has 1 fully saturated rings. The zero-order valence-electron chi connectivity index (χ0n) is 17.1. The second kappa shape index (κ2) is 9.26. The number of nitrogens with zero attached hydrogens (tertiary/aromatic N) is 1. The van der Waals surface area contributed by atoms with Gasteiger partial charge < -0.3 is 5.32 Å². The lowest BCUT2D eigenvalue weighted by molar-refractivity contribution is -0.123. The van der Waals surface area contributed by atoms with Crippen molar-refractivity contribution in [3.63, 3.8) is 0 Å². The largest absolute Gasteiger partial charge is 0.351 e. The molecule has 3 aromatic rings. The van der Waals surface area contributed by atoms with Gasteiger partial charge >= 0.3 is 0 Å². The highest BCUT2D eigenvalue weighted by molar-refractivity contribution is 7.12. The van der Waals surface area contributed by atoms with E-state index in [1.807, 2.05) is 79.0 Å². The molecule has 1 aliphatic rings. The summed E-state index contributed by atoms with van der Waals surface area (Å²) in [6, 6.07) is 20.5. The van der Waals surface area contributed by atoms with Crippen molar-refractivity contribution in [3.05, 3.63) is 88.1 Å². The molecule has 2 amide bonds. The number of rotatable bonds is 6. The van der Waals surface area contributed by atoms with Crippen LogP contribution in [-0.4, -0.2) is 17.9 Å². The van der Waals surface area contributed by atoms with Gasteiger partial charge in [-0.2, -0.15) is 0 Å². The number of benzene rings is 2. The summed E-state index contributed by atoms with van der Waals surface area (Å²) in [5, 5.41) is 5.11. The highest BCUT2D eigenvalue weighted by Crippen LogP contribution is 2.33.